The number of benzene rings is 1. The van der Waals surface area contributed by atoms with Gasteiger partial charge in [-0.2, -0.15) is 0 Å². The van der Waals surface area contributed by atoms with Crippen molar-refractivity contribution in [2.45, 2.75) is 13.0 Å². The minimum Gasteiger partial charge on any atom is -0.489 e. The minimum absolute atomic E-state index is 0.121. The summed E-state index contributed by atoms with van der Waals surface area (Å²) in [5.41, 5.74) is 0. The van der Waals surface area contributed by atoms with E-state index in [2.05, 4.69) is 11.9 Å². The van der Waals surface area contributed by atoms with Crippen LogP contribution in [0, 0.1) is 11.6 Å². The zero-order valence-electron chi connectivity index (χ0n) is 9.17. The Morgan fingerprint density at radius 1 is 1.44 bits per heavy atom. The molecule has 1 atom stereocenters. The van der Waals surface area contributed by atoms with Crippen LogP contribution in [0.5, 0.6) is 5.75 Å². The molecule has 1 rings (SSSR count). The Morgan fingerprint density at radius 2 is 2.19 bits per heavy atom. The summed E-state index contributed by atoms with van der Waals surface area (Å²) in [5, 5.41) is 3.07. The third-order valence-electron chi connectivity index (χ3n) is 1.95. The SMILES string of the molecule is C=CCNCC(C)Oc1ccc(F)c(F)c1. The fourth-order valence-corrected chi connectivity index (χ4v) is 1.21. The van der Waals surface area contributed by atoms with Crippen LogP contribution in [-0.4, -0.2) is 19.2 Å². The molecule has 88 valence electrons. The molecule has 4 heteroatoms. The van der Waals surface area contributed by atoms with E-state index < -0.39 is 11.6 Å². The molecular weight excluding hydrogens is 212 g/mol. The van der Waals surface area contributed by atoms with Gasteiger partial charge in [0.1, 0.15) is 11.9 Å². The summed E-state index contributed by atoms with van der Waals surface area (Å²) in [6.45, 7) is 6.71. The maximum Gasteiger partial charge on any atom is 0.162 e. The highest BCUT2D eigenvalue weighted by molar-refractivity contribution is 5.23. The highest BCUT2D eigenvalue weighted by atomic mass is 19.2. The molecule has 1 N–H and O–H groups in total. The van der Waals surface area contributed by atoms with Gasteiger partial charge < -0.3 is 10.1 Å². The van der Waals surface area contributed by atoms with E-state index in [1.165, 1.54) is 6.07 Å². The Hall–Kier alpha value is -1.42. The Morgan fingerprint density at radius 3 is 2.81 bits per heavy atom. The Kier molecular flexibility index (Phi) is 4.92. The van der Waals surface area contributed by atoms with Crippen LogP contribution in [0.3, 0.4) is 0 Å². The highest BCUT2D eigenvalue weighted by Gasteiger charge is 2.06. The van der Waals surface area contributed by atoms with Crippen LogP contribution < -0.4 is 10.1 Å². The Labute approximate surface area is 93.9 Å². The molecule has 0 spiro atoms. The summed E-state index contributed by atoms with van der Waals surface area (Å²) in [4.78, 5) is 0. The van der Waals surface area contributed by atoms with Crippen molar-refractivity contribution < 1.29 is 13.5 Å². The maximum atomic E-state index is 12.9. The molecule has 16 heavy (non-hydrogen) atoms. The first kappa shape index (κ1) is 12.6. The predicted molar refractivity (Wildman–Crippen MR) is 59.5 cm³/mol. The molecule has 0 aromatic heterocycles. The first-order valence-electron chi connectivity index (χ1n) is 5.07. The second-order valence-electron chi connectivity index (χ2n) is 3.45. The monoisotopic (exact) mass is 227 g/mol. The zero-order chi connectivity index (χ0) is 12.0. The topological polar surface area (TPSA) is 21.3 Å². The van der Waals surface area contributed by atoms with Crippen molar-refractivity contribution in [1.82, 2.24) is 5.32 Å². The van der Waals surface area contributed by atoms with E-state index in [0.29, 0.717) is 18.8 Å². The van der Waals surface area contributed by atoms with E-state index in [1.54, 1.807) is 6.08 Å². The summed E-state index contributed by atoms with van der Waals surface area (Å²) in [6, 6.07) is 3.50. The number of rotatable bonds is 6. The number of nitrogens with one attached hydrogen (secondary N) is 1. The number of hydrogen-bond acceptors (Lipinski definition) is 2. The van der Waals surface area contributed by atoms with Crippen LogP contribution in [0.15, 0.2) is 30.9 Å². The molecule has 0 heterocycles. The molecule has 0 aliphatic carbocycles. The molecule has 0 bridgehead atoms. The quantitative estimate of drug-likeness (QED) is 0.595. The van der Waals surface area contributed by atoms with Crippen molar-refractivity contribution in [2.75, 3.05) is 13.1 Å². The molecule has 2 nitrogen and oxygen atoms in total. The van der Waals surface area contributed by atoms with E-state index in [0.717, 1.165) is 12.1 Å². The van der Waals surface area contributed by atoms with Gasteiger partial charge >= 0.3 is 0 Å². The Bertz CT molecular complexity index is 355. The molecule has 1 aromatic rings. The lowest BCUT2D eigenvalue weighted by molar-refractivity contribution is 0.217. The molecule has 0 saturated carbocycles. The van der Waals surface area contributed by atoms with E-state index in [4.69, 9.17) is 4.74 Å². The summed E-state index contributed by atoms with van der Waals surface area (Å²) < 4.78 is 30.9. The van der Waals surface area contributed by atoms with E-state index >= 15 is 0 Å². The third kappa shape index (κ3) is 3.98. The third-order valence-corrected chi connectivity index (χ3v) is 1.95. The molecule has 0 aliphatic heterocycles. The average Bonchev–Trinajstić information content (AvgIpc) is 2.24. The Balaban J connectivity index is 2.46. The van der Waals surface area contributed by atoms with Gasteiger partial charge in [-0.1, -0.05) is 6.08 Å². The lowest BCUT2D eigenvalue weighted by atomic mass is 10.3. The van der Waals surface area contributed by atoms with Crippen molar-refractivity contribution in [1.29, 1.82) is 0 Å². The van der Waals surface area contributed by atoms with Crippen molar-refractivity contribution in [3.05, 3.63) is 42.5 Å². The van der Waals surface area contributed by atoms with Gasteiger partial charge in [0.15, 0.2) is 11.6 Å². The smallest absolute Gasteiger partial charge is 0.162 e. The van der Waals surface area contributed by atoms with Crippen LogP contribution >= 0.6 is 0 Å². The summed E-state index contributed by atoms with van der Waals surface area (Å²) in [5.74, 6) is -1.44. The summed E-state index contributed by atoms with van der Waals surface area (Å²) in [6.07, 6.45) is 1.62. The second-order valence-corrected chi connectivity index (χ2v) is 3.45. The van der Waals surface area contributed by atoms with Crippen LogP contribution in [-0.2, 0) is 0 Å². The standard InChI is InChI=1S/C12H15F2NO/c1-3-6-15-8-9(2)16-10-4-5-11(13)12(14)7-10/h3-5,7,9,15H,1,6,8H2,2H3. The molecule has 0 saturated heterocycles. The van der Waals surface area contributed by atoms with Crippen molar-refractivity contribution in [2.24, 2.45) is 0 Å². The fourth-order valence-electron chi connectivity index (χ4n) is 1.21. The van der Waals surface area contributed by atoms with Crippen LogP contribution in [0.25, 0.3) is 0 Å². The predicted octanol–water partition coefficient (Wildman–Crippen LogP) is 2.51. The van der Waals surface area contributed by atoms with Crippen molar-refractivity contribution in [3.63, 3.8) is 0 Å². The normalized spacial score (nSPS) is 12.2. The van der Waals surface area contributed by atoms with Gasteiger partial charge in [0.2, 0.25) is 0 Å². The minimum atomic E-state index is -0.899. The summed E-state index contributed by atoms with van der Waals surface area (Å²) in [7, 11) is 0. The molecule has 1 aromatic carbocycles. The first-order valence-corrected chi connectivity index (χ1v) is 5.07. The fraction of sp³-hybridized carbons (Fsp3) is 0.333. The first-order chi connectivity index (χ1) is 7.63. The van der Waals surface area contributed by atoms with Crippen LogP contribution in [0.1, 0.15) is 6.92 Å². The molecule has 0 radical (unpaired) electrons. The lowest BCUT2D eigenvalue weighted by Gasteiger charge is -2.14. The lowest BCUT2D eigenvalue weighted by Crippen LogP contribution is -2.28. The summed E-state index contributed by atoms with van der Waals surface area (Å²) >= 11 is 0. The van der Waals surface area contributed by atoms with Crippen LogP contribution in [0.4, 0.5) is 8.78 Å². The molecule has 1 unspecified atom stereocenters. The number of halogens is 2. The van der Waals surface area contributed by atoms with Gasteiger partial charge in [-0.15, -0.1) is 6.58 Å². The van der Waals surface area contributed by atoms with E-state index in [9.17, 15) is 8.78 Å². The maximum absolute atomic E-state index is 12.9. The second kappa shape index (κ2) is 6.23. The zero-order valence-corrected chi connectivity index (χ0v) is 9.17. The van der Waals surface area contributed by atoms with Crippen molar-refractivity contribution >= 4 is 0 Å². The molecule has 0 fully saturated rings. The number of ether oxygens (including phenoxy) is 1. The molecule has 0 amide bonds. The van der Waals surface area contributed by atoms with E-state index in [-0.39, 0.29) is 6.10 Å². The molecular formula is C12H15F2NO. The number of hydrogen-bond donors (Lipinski definition) is 1. The van der Waals surface area contributed by atoms with E-state index in [1.807, 2.05) is 6.92 Å². The van der Waals surface area contributed by atoms with Crippen LogP contribution in [0.2, 0.25) is 0 Å². The average molecular weight is 227 g/mol. The highest BCUT2D eigenvalue weighted by Crippen LogP contribution is 2.16. The van der Waals surface area contributed by atoms with Gasteiger partial charge in [-0.05, 0) is 19.1 Å². The van der Waals surface area contributed by atoms with Gasteiger partial charge in [0.05, 0.1) is 0 Å². The largest absolute Gasteiger partial charge is 0.489 e. The van der Waals surface area contributed by atoms with Gasteiger partial charge in [0, 0.05) is 19.2 Å². The molecule has 0 aliphatic rings. The van der Waals surface area contributed by atoms with Gasteiger partial charge in [0.25, 0.3) is 0 Å². The van der Waals surface area contributed by atoms with Crippen molar-refractivity contribution in [3.8, 4) is 5.75 Å². The van der Waals surface area contributed by atoms with Gasteiger partial charge in [-0.3, -0.25) is 0 Å². The van der Waals surface area contributed by atoms with Gasteiger partial charge in [-0.25, -0.2) is 8.78 Å².